The Morgan fingerprint density at radius 2 is 1.90 bits per heavy atom. The Morgan fingerprint density at radius 1 is 1.25 bits per heavy atom. The van der Waals surface area contributed by atoms with Crippen LogP contribution in [0, 0.1) is 11.3 Å². The van der Waals surface area contributed by atoms with Gasteiger partial charge in [0, 0.05) is 30.1 Å². The number of nitrogens with zero attached hydrogens (tertiary/aromatic N) is 1. The fourth-order valence-electron chi connectivity index (χ4n) is 4.29. The Balaban J connectivity index is 1.95. The monoisotopic (exact) mass is 282 g/mol. The van der Waals surface area contributed by atoms with Crippen molar-refractivity contribution in [1.82, 2.24) is 4.90 Å². The quantitative estimate of drug-likeness (QED) is 0.842. The van der Waals surface area contributed by atoms with E-state index in [1.165, 1.54) is 25.7 Å². The van der Waals surface area contributed by atoms with Gasteiger partial charge in [-0.3, -0.25) is 0 Å². The van der Waals surface area contributed by atoms with Crippen LogP contribution in [-0.2, 0) is 4.74 Å². The Kier molecular flexibility index (Phi) is 4.83. The van der Waals surface area contributed by atoms with Crippen molar-refractivity contribution in [3.8, 4) is 0 Å². The molecule has 2 aliphatic carbocycles. The van der Waals surface area contributed by atoms with E-state index in [9.17, 15) is 0 Å². The molecule has 0 amide bonds. The van der Waals surface area contributed by atoms with Gasteiger partial charge in [0.25, 0.3) is 0 Å². The molecule has 20 heavy (non-hydrogen) atoms. The van der Waals surface area contributed by atoms with Crippen molar-refractivity contribution in [2.24, 2.45) is 17.1 Å². The van der Waals surface area contributed by atoms with E-state index in [1.807, 2.05) is 0 Å². The third kappa shape index (κ3) is 2.77. The molecule has 0 saturated heterocycles. The van der Waals surface area contributed by atoms with Gasteiger partial charge in [-0.1, -0.05) is 33.6 Å². The molecule has 0 aromatic carbocycles. The van der Waals surface area contributed by atoms with Gasteiger partial charge < -0.3 is 15.4 Å². The minimum absolute atomic E-state index is 0.0785. The molecule has 118 valence electrons. The molecule has 0 radical (unpaired) electrons. The van der Waals surface area contributed by atoms with Crippen molar-refractivity contribution >= 4 is 0 Å². The van der Waals surface area contributed by atoms with Gasteiger partial charge in [-0.25, -0.2) is 0 Å². The van der Waals surface area contributed by atoms with E-state index in [1.54, 1.807) is 0 Å². The van der Waals surface area contributed by atoms with Crippen LogP contribution in [0.25, 0.3) is 0 Å². The molecule has 0 heterocycles. The molecule has 2 saturated carbocycles. The first-order valence-electron chi connectivity index (χ1n) is 8.42. The van der Waals surface area contributed by atoms with Crippen LogP contribution in [0.3, 0.4) is 0 Å². The minimum atomic E-state index is -0.0985. The molecule has 0 bridgehead atoms. The molecule has 0 aliphatic heterocycles. The number of hydrogen-bond acceptors (Lipinski definition) is 3. The lowest BCUT2D eigenvalue weighted by Gasteiger charge is -2.61. The average Bonchev–Trinajstić information content (AvgIpc) is 2.38. The van der Waals surface area contributed by atoms with Gasteiger partial charge in [-0.15, -0.1) is 0 Å². The summed E-state index contributed by atoms with van der Waals surface area (Å²) >= 11 is 0. The normalized spacial score (nSPS) is 40.6. The largest absolute Gasteiger partial charge is 0.378 e. The highest BCUT2D eigenvalue weighted by atomic mass is 16.5. The first-order chi connectivity index (χ1) is 9.32. The van der Waals surface area contributed by atoms with Crippen LogP contribution in [0.15, 0.2) is 0 Å². The van der Waals surface area contributed by atoms with E-state index in [0.717, 1.165) is 25.5 Å². The van der Waals surface area contributed by atoms with Crippen LogP contribution < -0.4 is 5.73 Å². The van der Waals surface area contributed by atoms with Gasteiger partial charge in [0.05, 0.1) is 6.10 Å². The highest BCUT2D eigenvalue weighted by Crippen LogP contribution is 2.50. The molecular formula is C17H34N2O. The van der Waals surface area contributed by atoms with E-state index in [-0.39, 0.29) is 11.0 Å². The summed E-state index contributed by atoms with van der Waals surface area (Å²) in [5.74, 6) is 0.809. The molecular weight excluding hydrogens is 248 g/mol. The zero-order valence-electron chi connectivity index (χ0n) is 14.1. The number of likely N-dealkylation sites (N-methyl/N-ethyl adjacent to an activating group) is 1. The van der Waals surface area contributed by atoms with Gasteiger partial charge in [0.2, 0.25) is 0 Å². The highest BCUT2D eigenvalue weighted by Gasteiger charge is 2.58. The zero-order chi connectivity index (χ0) is 15.0. The number of nitrogens with two attached hydrogens (primary N) is 1. The summed E-state index contributed by atoms with van der Waals surface area (Å²) in [5, 5.41) is 0. The van der Waals surface area contributed by atoms with Crippen LogP contribution >= 0.6 is 0 Å². The highest BCUT2D eigenvalue weighted by molar-refractivity contribution is 5.15. The van der Waals surface area contributed by atoms with Crippen LogP contribution in [-0.4, -0.2) is 42.8 Å². The zero-order valence-corrected chi connectivity index (χ0v) is 14.1. The van der Waals surface area contributed by atoms with Crippen LogP contribution in [0.1, 0.15) is 59.8 Å². The first kappa shape index (κ1) is 16.3. The van der Waals surface area contributed by atoms with Crippen LogP contribution in [0.4, 0.5) is 0 Å². The summed E-state index contributed by atoms with van der Waals surface area (Å²) in [6.07, 6.45) is 6.81. The van der Waals surface area contributed by atoms with Crippen molar-refractivity contribution in [2.45, 2.75) is 77.5 Å². The molecule has 2 N–H and O–H groups in total. The van der Waals surface area contributed by atoms with Gasteiger partial charge in [-0.05, 0) is 39.2 Å². The van der Waals surface area contributed by atoms with E-state index < -0.39 is 0 Å². The maximum Gasteiger partial charge on any atom is 0.0662 e. The molecule has 0 aromatic rings. The molecule has 3 nitrogen and oxygen atoms in total. The average molecular weight is 282 g/mol. The summed E-state index contributed by atoms with van der Waals surface area (Å²) in [4.78, 5) is 2.54. The molecule has 3 heteroatoms. The van der Waals surface area contributed by atoms with E-state index >= 15 is 0 Å². The molecule has 0 spiro atoms. The lowest BCUT2D eigenvalue weighted by molar-refractivity contribution is -0.158. The maximum atomic E-state index is 6.73. The van der Waals surface area contributed by atoms with Gasteiger partial charge in [0.1, 0.15) is 0 Å². The summed E-state index contributed by atoms with van der Waals surface area (Å²) in [7, 11) is 2.27. The summed E-state index contributed by atoms with van der Waals surface area (Å²) < 4.78 is 5.84. The van der Waals surface area contributed by atoms with E-state index in [0.29, 0.717) is 12.1 Å². The molecule has 2 fully saturated rings. The smallest absolute Gasteiger partial charge is 0.0662 e. The first-order valence-corrected chi connectivity index (χ1v) is 8.42. The third-order valence-electron chi connectivity index (χ3n) is 6.17. The van der Waals surface area contributed by atoms with Crippen molar-refractivity contribution in [1.29, 1.82) is 0 Å². The maximum absolute atomic E-state index is 6.73. The number of ether oxygens (including phenoxy) is 1. The molecule has 2 rings (SSSR count). The van der Waals surface area contributed by atoms with Crippen molar-refractivity contribution in [3.63, 3.8) is 0 Å². The second kappa shape index (κ2) is 5.94. The van der Waals surface area contributed by atoms with Crippen molar-refractivity contribution in [3.05, 3.63) is 0 Å². The van der Waals surface area contributed by atoms with Crippen molar-refractivity contribution in [2.75, 3.05) is 20.2 Å². The summed E-state index contributed by atoms with van der Waals surface area (Å²) in [6.45, 7) is 10.8. The minimum Gasteiger partial charge on any atom is -0.378 e. The molecule has 2 aliphatic rings. The fraction of sp³-hybridized carbons (Fsp3) is 1.00. The Hall–Kier alpha value is -0.120. The van der Waals surface area contributed by atoms with Crippen molar-refractivity contribution < 1.29 is 4.74 Å². The van der Waals surface area contributed by atoms with E-state index in [2.05, 4.69) is 39.6 Å². The fourth-order valence-corrected chi connectivity index (χ4v) is 4.29. The molecule has 4 unspecified atom stereocenters. The predicted molar refractivity (Wildman–Crippen MR) is 84.8 cm³/mol. The van der Waals surface area contributed by atoms with E-state index in [4.69, 9.17) is 10.5 Å². The summed E-state index contributed by atoms with van der Waals surface area (Å²) in [6, 6.07) is 0.714. The summed E-state index contributed by atoms with van der Waals surface area (Å²) in [5.41, 5.74) is 6.71. The lowest BCUT2D eigenvalue weighted by atomic mass is 9.54. The third-order valence-corrected chi connectivity index (χ3v) is 6.17. The molecule has 4 atom stereocenters. The topological polar surface area (TPSA) is 38.5 Å². The van der Waals surface area contributed by atoms with Gasteiger partial charge in [0.15, 0.2) is 0 Å². The van der Waals surface area contributed by atoms with Gasteiger partial charge in [-0.2, -0.15) is 0 Å². The SMILES string of the molecule is CCOC1CC(N)(CN(C)C2CCCCC2C)C1(C)C. The second-order valence-electron chi connectivity index (χ2n) is 7.77. The van der Waals surface area contributed by atoms with Crippen LogP contribution in [0.5, 0.6) is 0 Å². The number of hydrogen-bond donors (Lipinski definition) is 1. The second-order valence-corrected chi connectivity index (χ2v) is 7.77. The standard InChI is InChI=1S/C17H34N2O/c1-6-20-15-11-17(18,16(15,3)4)12-19(5)14-10-8-7-9-13(14)2/h13-15H,6-12,18H2,1-5H3. The van der Waals surface area contributed by atoms with Crippen LogP contribution in [0.2, 0.25) is 0 Å². The Labute approximate surface area is 125 Å². The Bertz CT molecular complexity index is 331. The number of rotatable bonds is 5. The van der Waals surface area contributed by atoms with Gasteiger partial charge >= 0.3 is 0 Å². The predicted octanol–water partition coefficient (Wildman–Crippen LogP) is 3.03. The molecule has 0 aromatic heterocycles. The lowest BCUT2D eigenvalue weighted by Crippen LogP contribution is -2.74. The Morgan fingerprint density at radius 3 is 2.45 bits per heavy atom.